The number of carbonyl (C=O) groups is 2. The van der Waals surface area contributed by atoms with Gasteiger partial charge in [0.05, 0.1) is 21.3 Å². The summed E-state index contributed by atoms with van der Waals surface area (Å²) in [5.74, 6) is -1.57. The molecule has 2 rings (SSSR count). The first kappa shape index (κ1) is 22.4. The molecule has 2 aromatic carbocycles. The van der Waals surface area contributed by atoms with Gasteiger partial charge in [-0.05, 0) is 37.6 Å². The van der Waals surface area contributed by atoms with Crippen LogP contribution in [0.4, 0.5) is 11.4 Å². The number of aromatic hydroxyl groups is 1. The lowest BCUT2D eigenvalue weighted by Gasteiger charge is -2.17. The van der Waals surface area contributed by atoms with Crippen molar-refractivity contribution in [2.75, 3.05) is 10.6 Å². The van der Waals surface area contributed by atoms with E-state index in [0.29, 0.717) is 0 Å². The molecule has 0 radical (unpaired) electrons. The largest absolute Gasteiger partial charge is 0.506 e. The van der Waals surface area contributed by atoms with Crippen molar-refractivity contribution in [2.24, 2.45) is 0 Å². The monoisotopic (exact) mass is 436 g/mol. The smallest absolute Gasteiger partial charge is 0.248 e. The van der Waals surface area contributed by atoms with E-state index in [-0.39, 0.29) is 33.5 Å². The van der Waals surface area contributed by atoms with Crippen molar-refractivity contribution < 1.29 is 23.1 Å². The molecule has 9 heteroatoms. The molecular formula is C20H21ClN2O5S. The van der Waals surface area contributed by atoms with Gasteiger partial charge in [-0.2, -0.15) is 0 Å². The maximum absolute atomic E-state index is 12.8. The standard InChI is InChI=1S/C20H21ClN2O5S/c1-3-8-19(25)22-16-11-14(21)15(12-17(16)24)23-20(26)18(4-2)29(27,28)13-9-6-5-7-10-13/h3,5-12,18,24H,4H2,1-2H3,(H,22,25)(H,23,26)/b8-3+. The molecule has 0 aliphatic rings. The fourth-order valence-electron chi connectivity index (χ4n) is 2.62. The molecule has 0 aliphatic heterocycles. The summed E-state index contributed by atoms with van der Waals surface area (Å²) in [7, 11) is -3.91. The van der Waals surface area contributed by atoms with Crippen molar-refractivity contribution in [3.63, 3.8) is 0 Å². The maximum Gasteiger partial charge on any atom is 0.248 e. The third-order valence-corrected chi connectivity index (χ3v) is 6.57. The highest BCUT2D eigenvalue weighted by atomic mass is 35.5. The summed E-state index contributed by atoms with van der Waals surface area (Å²) >= 11 is 6.14. The summed E-state index contributed by atoms with van der Waals surface area (Å²) in [5, 5.41) is 13.7. The zero-order valence-corrected chi connectivity index (χ0v) is 17.4. The molecule has 0 heterocycles. The summed E-state index contributed by atoms with van der Waals surface area (Å²) in [4.78, 5) is 24.3. The number of nitrogens with one attached hydrogen (secondary N) is 2. The molecule has 154 valence electrons. The molecule has 0 saturated heterocycles. The van der Waals surface area contributed by atoms with Crippen LogP contribution in [0.3, 0.4) is 0 Å². The van der Waals surface area contributed by atoms with Crippen molar-refractivity contribution in [3.05, 3.63) is 59.6 Å². The normalized spacial score (nSPS) is 12.5. The molecule has 3 N–H and O–H groups in total. The Balaban J connectivity index is 2.27. The van der Waals surface area contributed by atoms with Gasteiger partial charge in [0.2, 0.25) is 11.8 Å². The number of amides is 2. The van der Waals surface area contributed by atoms with E-state index in [1.807, 2.05) is 0 Å². The van der Waals surface area contributed by atoms with Gasteiger partial charge in [0.1, 0.15) is 11.0 Å². The van der Waals surface area contributed by atoms with Gasteiger partial charge in [-0.25, -0.2) is 8.42 Å². The molecule has 0 bridgehead atoms. The molecule has 2 amide bonds. The summed E-state index contributed by atoms with van der Waals surface area (Å²) in [6.07, 6.45) is 2.84. The molecule has 1 unspecified atom stereocenters. The molecule has 0 aromatic heterocycles. The summed E-state index contributed by atoms with van der Waals surface area (Å²) in [5.41, 5.74) is 0.0833. The van der Waals surface area contributed by atoms with Crippen LogP contribution in [0.2, 0.25) is 5.02 Å². The van der Waals surface area contributed by atoms with E-state index in [1.165, 1.54) is 30.4 Å². The zero-order chi connectivity index (χ0) is 21.6. The third kappa shape index (κ3) is 5.36. The maximum atomic E-state index is 12.8. The second-order valence-corrected chi connectivity index (χ2v) is 8.62. The van der Waals surface area contributed by atoms with E-state index in [1.54, 1.807) is 32.0 Å². The van der Waals surface area contributed by atoms with Crippen LogP contribution >= 0.6 is 11.6 Å². The van der Waals surface area contributed by atoms with E-state index >= 15 is 0 Å². The Bertz CT molecular complexity index is 1040. The van der Waals surface area contributed by atoms with E-state index < -0.39 is 26.9 Å². The van der Waals surface area contributed by atoms with Gasteiger partial charge in [0.15, 0.2) is 9.84 Å². The third-order valence-electron chi connectivity index (χ3n) is 4.03. The fraction of sp³-hybridized carbons (Fsp3) is 0.200. The number of allylic oxidation sites excluding steroid dienone is 1. The lowest BCUT2D eigenvalue weighted by atomic mass is 10.2. The van der Waals surface area contributed by atoms with Gasteiger partial charge in [0.25, 0.3) is 0 Å². The molecular weight excluding hydrogens is 416 g/mol. The minimum atomic E-state index is -3.91. The Morgan fingerprint density at radius 1 is 1.14 bits per heavy atom. The topological polar surface area (TPSA) is 113 Å². The predicted octanol–water partition coefficient (Wildman–Crippen LogP) is 3.75. The number of halogens is 1. The van der Waals surface area contributed by atoms with Crippen LogP contribution in [0.15, 0.2) is 59.5 Å². The molecule has 7 nitrogen and oxygen atoms in total. The number of phenols is 1. The Morgan fingerprint density at radius 2 is 1.79 bits per heavy atom. The van der Waals surface area contributed by atoms with E-state index in [9.17, 15) is 23.1 Å². The Kier molecular flexibility index (Phi) is 7.41. The molecule has 1 atom stereocenters. The minimum absolute atomic E-state index is 0.0268. The second kappa shape index (κ2) is 9.58. The van der Waals surface area contributed by atoms with Gasteiger partial charge in [-0.15, -0.1) is 0 Å². The Hall–Kier alpha value is -2.84. The van der Waals surface area contributed by atoms with Gasteiger partial charge >= 0.3 is 0 Å². The molecule has 0 aliphatic carbocycles. The van der Waals surface area contributed by atoms with Gasteiger partial charge < -0.3 is 15.7 Å². The van der Waals surface area contributed by atoms with Crippen LogP contribution in [0, 0.1) is 0 Å². The Morgan fingerprint density at radius 3 is 2.38 bits per heavy atom. The highest BCUT2D eigenvalue weighted by Gasteiger charge is 2.32. The SMILES string of the molecule is C/C=C/C(=O)Nc1cc(Cl)c(NC(=O)C(CC)S(=O)(=O)c2ccccc2)cc1O. The lowest BCUT2D eigenvalue weighted by Crippen LogP contribution is -2.34. The van der Waals surface area contributed by atoms with Crippen molar-refractivity contribution in [3.8, 4) is 5.75 Å². The quantitative estimate of drug-likeness (QED) is 0.452. The van der Waals surface area contributed by atoms with Crippen molar-refractivity contribution in [2.45, 2.75) is 30.4 Å². The summed E-state index contributed by atoms with van der Waals surface area (Å²) in [6, 6.07) is 10.1. The van der Waals surface area contributed by atoms with Gasteiger partial charge in [-0.3, -0.25) is 9.59 Å². The first-order chi connectivity index (χ1) is 13.7. The van der Waals surface area contributed by atoms with E-state index in [2.05, 4.69) is 10.6 Å². The van der Waals surface area contributed by atoms with Crippen LogP contribution in [0.1, 0.15) is 20.3 Å². The fourth-order valence-corrected chi connectivity index (χ4v) is 4.47. The van der Waals surface area contributed by atoms with Crippen molar-refractivity contribution >= 4 is 44.6 Å². The molecule has 0 saturated carbocycles. The number of benzene rings is 2. The molecule has 0 spiro atoms. The molecule has 29 heavy (non-hydrogen) atoms. The lowest BCUT2D eigenvalue weighted by molar-refractivity contribution is -0.116. The zero-order valence-electron chi connectivity index (χ0n) is 15.8. The van der Waals surface area contributed by atoms with Gasteiger partial charge in [0, 0.05) is 6.07 Å². The first-order valence-corrected chi connectivity index (χ1v) is 10.7. The molecule has 2 aromatic rings. The minimum Gasteiger partial charge on any atom is -0.506 e. The number of hydrogen-bond acceptors (Lipinski definition) is 5. The van der Waals surface area contributed by atoms with Crippen molar-refractivity contribution in [1.82, 2.24) is 0 Å². The van der Waals surface area contributed by atoms with Crippen LogP contribution in [0.25, 0.3) is 0 Å². The van der Waals surface area contributed by atoms with Crippen LogP contribution in [-0.4, -0.2) is 30.6 Å². The van der Waals surface area contributed by atoms with Crippen LogP contribution in [-0.2, 0) is 19.4 Å². The summed E-state index contributed by atoms with van der Waals surface area (Å²) in [6.45, 7) is 3.25. The van der Waals surface area contributed by atoms with Crippen LogP contribution in [0.5, 0.6) is 5.75 Å². The van der Waals surface area contributed by atoms with E-state index in [0.717, 1.165) is 6.07 Å². The number of anilines is 2. The predicted molar refractivity (Wildman–Crippen MR) is 113 cm³/mol. The number of sulfone groups is 1. The van der Waals surface area contributed by atoms with E-state index in [4.69, 9.17) is 11.6 Å². The van der Waals surface area contributed by atoms with Gasteiger partial charge in [-0.1, -0.05) is 42.8 Å². The van der Waals surface area contributed by atoms with Crippen molar-refractivity contribution in [1.29, 1.82) is 0 Å². The average Bonchev–Trinajstić information content (AvgIpc) is 2.67. The van der Waals surface area contributed by atoms with Crippen LogP contribution < -0.4 is 10.6 Å². The number of carbonyl (C=O) groups excluding carboxylic acids is 2. The highest BCUT2D eigenvalue weighted by Crippen LogP contribution is 2.34. The number of rotatable bonds is 7. The average molecular weight is 437 g/mol. The molecule has 0 fully saturated rings. The second-order valence-electron chi connectivity index (χ2n) is 6.08. The first-order valence-electron chi connectivity index (χ1n) is 8.76. The number of hydrogen-bond donors (Lipinski definition) is 3. The number of phenolic OH excluding ortho intramolecular Hbond substituents is 1. The highest BCUT2D eigenvalue weighted by molar-refractivity contribution is 7.92. The Labute approximate surface area is 174 Å². The summed E-state index contributed by atoms with van der Waals surface area (Å²) < 4.78 is 25.6.